The molecule has 3 aliphatic carbocycles. The zero-order valence-electron chi connectivity index (χ0n) is 23.4. The summed E-state index contributed by atoms with van der Waals surface area (Å²) in [6, 6.07) is 12.4. The van der Waals surface area contributed by atoms with Crippen molar-refractivity contribution in [2.45, 2.75) is 96.8 Å². The monoisotopic (exact) mass is 524 g/mol. The van der Waals surface area contributed by atoms with E-state index < -0.39 is 11.6 Å². The van der Waals surface area contributed by atoms with Gasteiger partial charge in [0.1, 0.15) is 0 Å². The first-order valence-corrected chi connectivity index (χ1v) is 15.4. The van der Waals surface area contributed by atoms with Gasteiger partial charge in [0.2, 0.25) is 11.6 Å². The molecule has 5 rings (SSSR count). The summed E-state index contributed by atoms with van der Waals surface area (Å²) in [5.41, 5.74) is 3.03. The fraction of sp³-hybridized carbons (Fsp3) is 0.647. The summed E-state index contributed by atoms with van der Waals surface area (Å²) in [5.74, 6) is 2.67. The van der Waals surface area contributed by atoms with Crippen molar-refractivity contribution in [3.05, 3.63) is 59.2 Å². The molecule has 0 amide bonds. The summed E-state index contributed by atoms with van der Waals surface area (Å²) < 4.78 is 39.5. The Morgan fingerprint density at radius 2 is 1.24 bits per heavy atom. The molecule has 0 aliphatic heterocycles. The van der Waals surface area contributed by atoms with Crippen molar-refractivity contribution < 1.29 is 18.3 Å². The Labute approximate surface area is 228 Å². The summed E-state index contributed by atoms with van der Waals surface area (Å²) in [6.07, 6.45) is 15.6. The van der Waals surface area contributed by atoms with Crippen LogP contribution in [0, 0.1) is 41.2 Å². The highest BCUT2D eigenvalue weighted by molar-refractivity contribution is 5.35. The van der Waals surface area contributed by atoms with Gasteiger partial charge in [-0.3, -0.25) is 0 Å². The molecule has 38 heavy (non-hydrogen) atoms. The lowest BCUT2D eigenvalue weighted by Gasteiger charge is -2.45. The number of rotatable bonds is 9. The van der Waals surface area contributed by atoms with Crippen LogP contribution < -0.4 is 9.47 Å². The van der Waals surface area contributed by atoms with Crippen molar-refractivity contribution in [3.8, 4) is 11.5 Å². The predicted molar refractivity (Wildman–Crippen MR) is 150 cm³/mol. The number of ether oxygens (including phenoxy) is 2. The molecule has 208 valence electrons. The second kappa shape index (κ2) is 12.8. The molecular weight excluding hydrogens is 478 g/mol. The van der Waals surface area contributed by atoms with Crippen LogP contribution in [0.3, 0.4) is 0 Å². The topological polar surface area (TPSA) is 18.5 Å². The molecule has 0 aromatic heterocycles. The smallest absolute Gasteiger partial charge is 0.204 e. The van der Waals surface area contributed by atoms with Gasteiger partial charge in [-0.05, 0) is 136 Å². The zero-order valence-corrected chi connectivity index (χ0v) is 23.4. The van der Waals surface area contributed by atoms with Gasteiger partial charge in [-0.25, -0.2) is 0 Å². The maximum absolute atomic E-state index is 14.4. The van der Waals surface area contributed by atoms with Crippen LogP contribution in [0.5, 0.6) is 11.5 Å². The highest BCUT2D eigenvalue weighted by atomic mass is 19.2. The number of fused-ring (bicyclic) bond motifs is 1. The van der Waals surface area contributed by atoms with Crippen LogP contribution in [0.25, 0.3) is 0 Å². The van der Waals surface area contributed by atoms with E-state index in [2.05, 4.69) is 31.2 Å². The second-order valence-electron chi connectivity index (χ2n) is 12.3. The summed E-state index contributed by atoms with van der Waals surface area (Å²) in [6.45, 7) is 4.78. The molecule has 4 heteroatoms. The molecule has 3 aliphatic rings. The van der Waals surface area contributed by atoms with Gasteiger partial charge in [-0.1, -0.05) is 37.6 Å². The fourth-order valence-electron chi connectivity index (χ4n) is 7.87. The number of hydrogen-bond donors (Lipinski definition) is 0. The third-order valence-corrected chi connectivity index (χ3v) is 9.98. The molecular formula is C34H46F2O2. The van der Waals surface area contributed by atoms with Crippen molar-refractivity contribution in [1.82, 2.24) is 0 Å². The number of halogens is 2. The number of benzene rings is 2. The lowest BCUT2D eigenvalue weighted by molar-refractivity contribution is 0.0508. The Balaban J connectivity index is 1.06. The Bertz CT molecular complexity index is 1030. The third kappa shape index (κ3) is 6.37. The molecule has 2 aromatic rings. The standard InChI is InChI=1S/C34H46F2O2/c1-3-5-23-6-9-25(10-7-23)26-12-14-27(15-13-26)29-17-16-28-20-24(8-11-30(28)21-29)22-38-32-19-18-31(37-4-2)33(35)34(32)36/h6-7,9-10,18-19,24,26-30H,3-5,8,11-17,20-22H2,1-2H3. The van der Waals surface area contributed by atoms with Crippen molar-refractivity contribution in [3.63, 3.8) is 0 Å². The first-order valence-electron chi connectivity index (χ1n) is 15.4. The normalized spacial score (nSPS) is 29.5. The van der Waals surface area contributed by atoms with Gasteiger partial charge in [0.25, 0.3) is 0 Å². The van der Waals surface area contributed by atoms with Crippen molar-refractivity contribution in [2.24, 2.45) is 29.6 Å². The third-order valence-electron chi connectivity index (χ3n) is 9.98. The van der Waals surface area contributed by atoms with Crippen LogP contribution >= 0.6 is 0 Å². The number of hydrogen-bond acceptors (Lipinski definition) is 2. The summed E-state index contributed by atoms with van der Waals surface area (Å²) >= 11 is 0. The first-order chi connectivity index (χ1) is 18.6. The van der Waals surface area contributed by atoms with E-state index in [4.69, 9.17) is 9.47 Å². The molecule has 3 fully saturated rings. The van der Waals surface area contributed by atoms with Crippen LogP contribution in [-0.2, 0) is 6.42 Å². The van der Waals surface area contributed by atoms with Crippen LogP contribution in [-0.4, -0.2) is 13.2 Å². The highest BCUT2D eigenvalue weighted by Gasteiger charge is 2.39. The van der Waals surface area contributed by atoms with Crippen LogP contribution in [0.15, 0.2) is 36.4 Å². The second-order valence-corrected chi connectivity index (χ2v) is 12.3. The van der Waals surface area contributed by atoms with Gasteiger partial charge in [0, 0.05) is 0 Å². The molecule has 2 aromatic carbocycles. The Morgan fingerprint density at radius 1 is 0.658 bits per heavy atom. The first kappa shape index (κ1) is 27.5. The van der Waals surface area contributed by atoms with Gasteiger partial charge < -0.3 is 9.47 Å². The largest absolute Gasteiger partial charge is 0.491 e. The van der Waals surface area contributed by atoms with Gasteiger partial charge in [-0.15, -0.1) is 0 Å². The van der Waals surface area contributed by atoms with Gasteiger partial charge in [0.15, 0.2) is 11.5 Å². The molecule has 0 N–H and O–H groups in total. The Kier molecular flexibility index (Phi) is 9.28. The number of aryl methyl sites for hydroxylation is 1. The van der Waals surface area contributed by atoms with E-state index >= 15 is 0 Å². The maximum Gasteiger partial charge on any atom is 0.204 e. The average Bonchev–Trinajstić information content (AvgIpc) is 2.95. The summed E-state index contributed by atoms with van der Waals surface area (Å²) in [7, 11) is 0. The van der Waals surface area contributed by atoms with Crippen LogP contribution in [0.1, 0.15) is 102 Å². The van der Waals surface area contributed by atoms with Gasteiger partial charge in [-0.2, -0.15) is 8.78 Å². The quantitative estimate of drug-likeness (QED) is 0.325. The molecule has 3 saturated carbocycles. The van der Waals surface area contributed by atoms with Gasteiger partial charge in [0.05, 0.1) is 13.2 Å². The van der Waals surface area contributed by atoms with E-state index in [9.17, 15) is 8.78 Å². The zero-order chi connectivity index (χ0) is 26.5. The van der Waals surface area contributed by atoms with E-state index in [-0.39, 0.29) is 11.5 Å². The average molecular weight is 525 g/mol. The molecule has 0 spiro atoms. The van der Waals surface area contributed by atoms with Crippen molar-refractivity contribution >= 4 is 0 Å². The summed E-state index contributed by atoms with van der Waals surface area (Å²) in [4.78, 5) is 0. The van der Waals surface area contributed by atoms with Crippen molar-refractivity contribution in [2.75, 3.05) is 13.2 Å². The molecule has 0 heterocycles. The predicted octanol–water partition coefficient (Wildman–Crippen LogP) is 9.50. The Hall–Kier alpha value is -2.10. The van der Waals surface area contributed by atoms with E-state index in [0.717, 1.165) is 36.0 Å². The van der Waals surface area contributed by atoms with Crippen molar-refractivity contribution in [1.29, 1.82) is 0 Å². The van der Waals surface area contributed by atoms with E-state index in [1.54, 1.807) is 12.5 Å². The molecule has 2 nitrogen and oxygen atoms in total. The van der Waals surface area contributed by atoms with E-state index in [0.29, 0.717) is 19.1 Å². The molecule has 0 bridgehead atoms. The maximum atomic E-state index is 14.4. The lowest BCUT2D eigenvalue weighted by atomic mass is 9.61. The molecule has 4 atom stereocenters. The van der Waals surface area contributed by atoms with E-state index in [1.165, 1.54) is 88.3 Å². The fourth-order valence-corrected chi connectivity index (χ4v) is 7.87. The molecule has 4 unspecified atom stereocenters. The summed E-state index contributed by atoms with van der Waals surface area (Å²) in [5, 5.41) is 0. The highest BCUT2D eigenvalue weighted by Crippen LogP contribution is 2.50. The lowest BCUT2D eigenvalue weighted by Crippen LogP contribution is -2.35. The van der Waals surface area contributed by atoms with E-state index in [1.807, 2.05) is 0 Å². The molecule has 0 saturated heterocycles. The minimum atomic E-state index is -0.953. The van der Waals surface area contributed by atoms with Gasteiger partial charge >= 0.3 is 0 Å². The minimum Gasteiger partial charge on any atom is -0.491 e. The Morgan fingerprint density at radius 3 is 1.89 bits per heavy atom. The van der Waals surface area contributed by atoms with Crippen LogP contribution in [0.2, 0.25) is 0 Å². The van der Waals surface area contributed by atoms with Crippen LogP contribution in [0.4, 0.5) is 8.78 Å². The minimum absolute atomic E-state index is 0.00397. The SMILES string of the molecule is CCCc1ccc(C2CCC(C3CCC4CC(COc5ccc(OCC)c(F)c5F)CCC4C3)CC2)cc1. The molecule has 0 radical (unpaired) electrons.